The third-order valence-corrected chi connectivity index (χ3v) is 3.79. The summed E-state index contributed by atoms with van der Waals surface area (Å²) in [5.74, 6) is -0.547. The second-order valence-electron chi connectivity index (χ2n) is 5.84. The normalized spacial score (nSPS) is 10.5. The largest absolute Gasteiger partial charge is 0.336 e. The molecule has 0 spiro atoms. The summed E-state index contributed by atoms with van der Waals surface area (Å²) in [7, 11) is 0. The van der Waals surface area contributed by atoms with Crippen LogP contribution in [0.3, 0.4) is 0 Å². The molecule has 0 fully saturated rings. The fourth-order valence-electron chi connectivity index (χ4n) is 2.35. The summed E-state index contributed by atoms with van der Waals surface area (Å²) in [6.45, 7) is 4.37. The maximum absolute atomic E-state index is 12.5. The maximum atomic E-state index is 12.5. The van der Waals surface area contributed by atoms with Crippen LogP contribution in [0, 0.1) is 0 Å². The second-order valence-corrected chi connectivity index (χ2v) is 6.27. The third kappa shape index (κ3) is 5.39. The number of hydrogen-bond acceptors (Lipinski definition) is 2. The predicted molar refractivity (Wildman–Crippen MR) is 96.8 cm³/mol. The minimum absolute atomic E-state index is 0.0108. The molecule has 0 unspecified atom stereocenters. The van der Waals surface area contributed by atoms with Crippen LogP contribution >= 0.6 is 11.6 Å². The summed E-state index contributed by atoms with van der Waals surface area (Å²) in [4.78, 5) is 26.3. The lowest BCUT2D eigenvalue weighted by atomic mass is 10.1. The molecule has 2 amide bonds. The summed E-state index contributed by atoms with van der Waals surface area (Å²) in [6.07, 6.45) is -0.197. The van der Waals surface area contributed by atoms with E-state index in [9.17, 15) is 9.59 Å². The Hall–Kier alpha value is -2.33. The van der Waals surface area contributed by atoms with E-state index in [2.05, 4.69) is 5.32 Å². The highest BCUT2D eigenvalue weighted by atomic mass is 35.5. The van der Waals surface area contributed by atoms with Crippen molar-refractivity contribution in [2.24, 2.45) is 0 Å². The first-order valence-corrected chi connectivity index (χ1v) is 8.22. The van der Waals surface area contributed by atoms with Crippen molar-refractivity contribution in [2.75, 3.05) is 5.32 Å². The Morgan fingerprint density at radius 1 is 1.08 bits per heavy atom. The number of hydrogen-bond donors (Lipinski definition) is 1. The molecule has 0 aliphatic carbocycles. The van der Waals surface area contributed by atoms with E-state index in [-0.39, 0.29) is 24.3 Å². The number of carbonyl (C=O) groups excluding carboxylic acids is 2. The van der Waals surface area contributed by atoms with Gasteiger partial charge in [-0.2, -0.15) is 0 Å². The van der Waals surface area contributed by atoms with Gasteiger partial charge in [-0.1, -0.05) is 48.0 Å². The quantitative estimate of drug-likeness (QED) is 0.802. The molecule has 1 N–H and O–H groups in total. The molecule has 24 heavy (non-hydrogen) atoms. The maximum Gasteiger partial charge on any atom is 0.233 e. The molecule has 126 valence electrons. The van der Waals surface area contributed by atoms with E-state index >= 15 is 0 Å². The van der Waals surface area contributed by atoms with E-state index in [4.69, 9.17) is 11.6 Å². The van der Waals surface area contributed by atoms with Crippen LogP contribution in [0.1, 0.15) is 25.8 Å². The van der Waals surface area contributed by atoms with Gasteiger partial charge in [0, 0.05) is 23.3 Å². The Balaban J connectivity index is 1.98. The Bertz CT molecular complexity index is 702. The average Bonchev–Trinajstić information content (AvgIpc) is 2.53. The molecule has 4 nitrogen and oxygen atoms in total. The zero-order valence-electron chi connectivity index (χ0n) is 13.8. The van der Waals surface area contributed by atoms with Crippen LogP contribution in [0.5, 0.6) is 0 Å². The summed E-state index contributed by atoms with van der Waals surface area (Å²) in [5.41, 5.74) is 1.62. The number of amides is 2. The van der Waals surface area contributed by atoms with Gasteiger partial charge in [-0.15, -0.1) is 0 Å². The molecule has 5 heteroatoms. The number of nitrogens with one attached hydrogen (secondary N) is 1. The van der Waals surface area contributed by atoms with Crippen LogP contribution in [-0.2, 0) is 16.1 Å². The number of anilines is 1. The molecule has 2 aromatic rings. The molecule has 0 saturated heterocycles. The van der Waals surface area contributed by atoms with Crippen molar-refractivity contribution in [1.29, 1.82) is 0 Å². The molecule has 0 saturated carbocycles. The fraction of sp³-hybridized carbons (Fsp3) is 0.263. The van der Waals surface area contributed by atoms with Crippen LogP contribution in [0.15, 0.2) is 54.6 Å². The van der Waals surface area contributed by atoms with Crippen molar-refractivity contribution in [3.8, 4) is 0 Å². The molecule has 0 radical (unpaired) electrons. The van der Waals surface area contributed by atoms with Crippen molar-refractivity contribution in [2.45, 2.75) is 32.9 Å². The number of carbonyl (C=O) groups is 2. The zero-order chi connectivity index (χ0) is 17.5. The number of benzene rings is 2. The Morgan fingerprint density at radius 3 is 2.42 bits per heavy atom. The van der Waals surface area contributed by atoms with Gasteiger partial charge in [0.05, 0.1) is 0 Å². The number of rotatable bonds is 6. The van der Waals surface area contributed by atoms with E-state index in [1.54, 1.807) is 29.2 Å². The summed E-state index contributed by atoms with van der Waals surface area (Å²) < 4.78 is 0. The smallest absolute Gasteiger partial charge is 0.233 e. The van der Waals surface area contributed by atoms with Crippen LogP contribution in [0.2, 0.25) is 5.02 Å². The van der Waals surface area contributed by atoms with E-state index in [0.29, 0.717) is 17.3 Å². The number of halogens is 1. The molecule has 2 rings (SSSR count). The molecule has 0 heterocycles. The van der Waals surface area contributed by atoms with Gasteiger partial charge in [0.1, 0.15) is 6.42 Å². The highest BCUT2D eigenvalue weighted by Gasteiger charge is 2.20. The molecule has 0 bridgehead atoms. The molecule has 0 aliphatic rings. The van der Waals surface area contributed by atoms with Gasteiger partial charge in [-0.05, 0) is 37.6 Å². The molecule has 2 aromatic carbocycles. The Labute approximate surface area is 147 Å². The first-order chi connectivity index (χ1) is 11.5. The molecule has 0 aliphatic heterocycles. The second kappa shape index (κ2) is 8.50. The van der Waals surface area contributed by atoms with Crippen LogP contribution in [-0.4, -0.2) is 22.8 Å². The lowest BCUT2D eigenvalue weighted by molar-refractivity contribution is -0.136. The van der Waals surface area contributed by atoms with Crippen molar-refractivity contribution >= 4 is 29.1 Å². The van der Waals surface area contributed by atoms with Gasteiger partial charge in [0.2, 0.25) is 11.8 Å². The van der Waals surface area contributed by atoms with Crippen LogP contribution in [0.25, 0.3) is 0 Å². The van der Waals surface area contributed by atoms with E-state index in [1.165, 1.54) is 0 Å². The molecular formula is C19H21ClN2O2. The molecule has 0 aromatic heterocycles. The van der Waals surface area contributed by atoms with Gasteiger partial charge >= 0.3 is 0 Å². The fourth-order valence-corrected chi connectivity index (χ4v) is 2.54. The minimum Gasteiger partial charge on any atom is -0.336 e. The van der Waals surface area contributed by atoms with Crippen LogP contribution < -0.4 is 5.32 Å². The third-order valence-electron chi connectivity index (χ3n) is 3.56. The van der Waals surface area contributed by atoms with E-state index in [0.717, 1.165) is 5.56 Å². The lowest BCUT2D eigenvalue weighted by Gasteiger charge is -2.26. The SMILES string of the molecule is CC(C)N(Cc1ccccc1)C(=O)CC(=O)Nc1cccc(Cl)c1. The van der Waals surface area contributed by atoms with Gasteiger partial charge in [0.15, 0.2) is 0 Å². The summed E-state index contributed by atoms with van der Waals surface area (Å²) in [5, 5.41) is 3.23. The van der Waals surface area contributed by atoms with Crippen molar-refractivity contribution < 1.29 is 9.59 Å². The minimum atomic E-state index is -0.346. The van der Waals surface area contributed by atoms with E-state index < -0.39 is 0 Å². The first-order valence-electron chi connectivity index (χ1n) is 7.84. The average molecular weight is 345 g/mol. The van der Waals surface area contributed by atoms with Gasteiger partial charge in [0.25, 0.3) is 0 Å². The molecule has 0 atom stereocenters. The van der Waals surface area contributed by atoms with E-state index in [1.807, 2.05) is 44.2 Å². The molecular weight excluding hydrogens is 324 g/mol. The Kier molecular flexibility index (Phi) is 6.38. The standard InChI is InChI=1S/C19H21ClN2O2/c1-14(2)22(13-15-7-4-3-5-8-15)19(24)12-18(23)21-17-10-6-9-16(20)11-17/h3-11,14H,12-13H2,1-2H3,(H,21,23). The summed E-state index contributed by atoms with van der Waals surface area (Å²) in [6, 6.07) is 16.6. The predicted octanol–water partition coefficient (Wildman–Crippen LogP) is 4.11. The number of nitrogens with zero attached hydrogens (tertiary/aromatic N) is 1. The first kappa shape index (κ1) is 18.0. The highest BCUT2D eigenvalue weighted by molar-refractivity contribution is 6.30. The van der Waals surface area contributed by atoms with Crippen molar-refractivity contribution in [1.82, 2.24) is 4.90 Å². The van der Waals surface area contributed by atoms with Crippen LogP contribution in [0.4, 0.5) is 5.69 Å². The van der Waals surface area contributed by atoms with Crippen molar-refractivity contribution in [3.05, 3.63) is 65.2 Å². The van der Waals surface area contributed by atoms with Gasteiger partial charge in [-0.25, -0.2) is 0 Å². The lowest BCUT2D eigenvalue weighted by Crippen LogP contribution is -2.38. The monoisotopic (exact) mass is 344 g/mol. The van der Waals surface area contributed by atoms with Gasteiger partial charge in [-0.3, -0.25) is 9.59 Å². The van der Waals surface area contributed by atoms with Gasteiger partial charge < -0.3 is 10.2 Å². The van der Waals surface area contributed by atoms with Crippen molar-refractivity contribution in [3.63, 3.8) is 0 Å². The Morgan fingerprint density at radius 2 is 1.79 bits per heavy atom. The zero-order valence-corrected chi connectivity index (χ0v) is 14.6. The summed E-state index contributed by atoms with van der Waals surface area (Å²) >= 11 is 5.89. The topological polar surface area (TPSA) is 49.4 Å². The highest BCUT2D eigenvalue weighted by Crippen LogP contribution is 2.16.